The number of carboxylic acid groups (broad SMARTS) is 1. The van der Waals surface area contributed by atoms with Crippen LogP contribution < -0.4 is 5.32 Å². The van der Waals surface area contributed by atoms with E-state index in [9.17, 15) is 9.59 Å². The van der Waals surface area contributed by atoms with Gasteiger partial charge in [0.1, 0.15) is 0 Å². The van der Waals surface area contributed by atoms with Gasteiger partial charge in [-0.3, -0.25) is 4.79 Å². The van der Waals surface area contributed by atoms with Crippen molar-refractivity contribution in [3.63, 3.8) is 0 Å². The summed E-state index contributed by atoms with van der Waals surface area (Å²) in [6.45, 7) is 4.40. The van der Waals surface area contributed by atoms with Crippen molar-refractivity contribution in [1.82, 2.24) is 15.1 Å². The predicted octanol–water partition coefficient (Wildman–Crippen LogP) is 1.76. The lowest BCUT2D eigenvalue weighted by Gasteiger charge is -2.49. The van der Waals surface area contributed by atoms with Crippen LogP contribution in [0.15, 0.2) is 0 Å². The average molecular weight is 299 g/mol. The van der Waals surface area contributed by atoms with Crippen LogP contribution in [-0.2, 0) is 4.79 Å². The minimum absolute atomic E-state index is 0.0542. The van der Waals surface area contributed by atoms with E-state index in [2.05, 4.69) is 24.3 Å². The van der Waals surface area contributed by atoms with Crippen molar-refractivity contribution in [3.05, 3.63) is 0 Å². The zero-order chi connectivity index (χ0) is 16.3. The van der Waals surface area contributed by atoms with E-state index in [1.54, 1.807) is 11.9 Å². The molecule has 122 valence electrons. The Bertz CT molecular complexity index is 390. The molecule has 2 N–H and O–H groups in total. The van der Waals surface area contributed by atoms with E-state index in [0.717, 1.165) is 12.8 Å². The summed E-state index contributed by atoms with van der Waals surface area (Å²) in [6, 6.07) is -0.140. The number of rotatable bonds is 7. The molecular formula is C15H29N3O3. The van der Waals surface area contributed by atoms with E-state index in [1.165, 1.54) is 6.42 Å². The van der Waals surface area contributed by atoms with Gasteiger partial charge in [-0.1, -0.05) is 0 Å². The molecular weight excluding hydrogens is 270 g/mol. The second-order valence-corrected chi connectivity index (χ2v) is 7.04. The largest absolute Gasteiger partial charge is 0.481 e. The molecule has 6 heteroatoms. The van der Waals surface area contributed by atoms with Crippen molar-refractivity contribution in [2.24, 2.45) is 0 Å². The number of urea groups is 1. The van der Waals surface area contributed by atoms with Gasteiger partial charge in [0.25, 0.3) is 0 Å². The topological polar surface area (TPSA) is 72.9 Å². The molecule has 2 amide bonds. The fraction of sp³-hybridized carbons (Fsp3) is 0.867. The number of carboxylic acids is 1. The maximum absolute atomic E-state index is 12.3. The quantitative estimate of drug-likeness (QED) is 0.751. The van der Waals surface area contributed by atoms with Gasteiger partial charge in [0.2, 0.25) is 0 Å². The number of likely N-dealkylation sites (N-methyl/N-ethyl adjacent to an activating group) is 2. The Morgan fingerprint density at radius 2 is 1.81 bits per heavy atom. The summed E-state index contributed by atoms with van der Waals surface area (Å²) in [5, 5.41) is 11.7. The molecule has 0 aliphatic heterocycles. The Morgan fingerprint density at radius 1 is 1.24 bits per heavy atom. The third-order valence-electron chi connectivity index (χ3n) is 4.52. The number of aliphatic carboxylic acids is 1. The summed E-state index contributed by atoms with van der Waals surface area (Å²) in [5.74, 6) is -0.841. The Balaban J connectivity index is 2.52. The van der Waals surface area contributed by atoms with Crippen LogP contribution in [0.25, 0.3) is 0 Å². The van der Waals surface area contributed by atoms with Crippen molar-refractivity contribution in [1.29, 1.82) is 0 Å². The number of carbonyl (C=O) groups is 2. The fourth-order valence-electron chi connectivity index (χ4n) is 2.71. The molecule has 0 aromatic carbocycles. The zero-order valence-corrected chi connectivity index (χ0v) is 13.9. The average Bonchev–Trinajstić information content (AvgIpc) is 2.30. The Morgan fingerprint density at radius 3 is 2.19 bits per heavy atom. The molecule has 1 saturated carbocycles. The first-order valence-corrected chi connectivity index (χ1v) is 7.50. The number of hydrogen-bond donors (Lipinski definition) is 2. The van der Waals surface area contributed by atoms with Crippen molar-refractivity contribution < 1.29 is 14.7 Å². The first-order valence-electron chi connectivity index (χ1n) is 7.50. The zero-order valence-electron chi connectivity index (χ0n) is 13.9. The highest BCUT2D eigenvalue weighted by molar-refractivity contribution is 5.75. The van der Waals surface area contributed by atoms with Gasteiger partial charge in [0, 0.05) is 31.1 Å². The second-order valence-electron chi connectivity index (χ2n) is 7.04. The summed E-state index contributed by atoms with van der Waals surface area (Å²) < 4.78 is 0. The molecule has 0 saturated heterocycles. The molecule has 21 heavy (non-hydrogen) atoms. The Hall–Kier alpha value is -1.30. The Labute approximate surface area is 127 Å². The molecule has 1 rings (SSSR count). The van der Waals surface area contributed by atoms with Crippen molar-refractivity contribution in [3.8, 4) is 0 Å². The maximum atomic E-state index is 12.3. The van der Waals surface area contributed by atoms with Gasteiger partial charge in [0.15, 0.2) is 0 Å². The minimum Gasteiger partial charge on any atom is -0.481 e. The highest BCUT2D eigenvalue weighted by Crippen LogP contribution is 2.36. The summed E-state index contributed by atoms with van der Waals surface area (Å²) in [6.07, 6.45) is 3.90. The van der Waals surface area contributed by atoms with Crippen LogP contribution in [0.3, 0.4) is 0 Å². The molecule has 0 aromatic rings. The van der Waals surface area contributed by atoms with E-state index in [4.69, 9.17) is 5.11 Å². The normalized spacial score (nSPS) is 17.2. The molecule has 0 spiro atoms. The SMILES string of the molecule is CN(CC1(N(C)C)CCC1)C(=O)NC(C)(C)CCC(=O)O. The summed E-state index contributed by atoms with van der Waals surface area (Å²) in [5.41, 5.74) is -0.425. The Kier molecular flexibility index (Phi) is 5.61. The van der Waals surface area contributed by atoms with Gasteiger partial charge >= 0.3 is 12.0 Å². The highest BCUT2D eigenvalue weighted by atomic mass is 16.4. The van der Waals surface area contributed by atoms with Crippen LogP contribution in [0, 0.1) is 0 Å². The van der Waals surface area contributed by atoms with Gasteiger partial charge in [-0.25, -0.2) is 4.79 Å². The lowest BCUT2D eigenvalue weighted by atomic mass is 9.75. The number of hydrogen-bond acceptors (Lipinski definition) is 3. The van der Waals surface area contributed by atoms with Gasteiger partial charge in [-0.15, -0.1) is 0 Å². The number of nitrogens with one attached hydrogen (secondary N) is 1. The van der Waals surface area contributed by atoms with Crippen LogP contribution in [0.5, 0.6) is 0 Å². The van der Waals surface area contributed by atoms with Gasteiger partial charge < -0.3 is 20.2 Å². The first-order chi connectivity index (χ1) is 9.58. The van der Waals surface area contributed by atoms with E-state index >= 15 is 0 Å². The third-order valence-corrected chi connectivity index (χ3v) is 4.52. The first kappa shape index (κ1) is 17.8. The van der Waals surface area contributed by atoms with Crippen LogP contribution >= 0.6 is 0 Å². The smallest absolute Gasteiger partial charge is 0.317 e. The monoisotopic (exact) mass is 299 g/mol. The van der Waals surface area contributed by atoms with Crippen molar-refractivity contribution >= 4 is 12.0 Å². The summed E-state index contributed by atoms with van der Waals surface area (Å²) in [7, 11) is 5.91. The van der Waals surface area contributed by atoms with Crippen molar-refractivity contribution in [2.45, 2.75) is 57.0 Å². The lowest BCUT2D eigenvalue weighted by molar-refractivity contribution is -0.137. The standard InChI is InChI=1S/C15H29N3O3/c1-14(2,10-7-12(19)20)16-13(21)18(5)11-15(17(3)4)8-6-9-15/h6-11H2,1-5H3,(H,16,21)(H,19,20). The molecule has 1 fully saturated rings. The molecule has 0 radical (unpaired) electrons. The van der Waals surface area contributed by atoms with Crippen LogP contribution in [0.4, 0.5) is 4.79 Å². The van der Waals surface area contributed by atoms with Crippen molar-refractivity contribution in [2.75, 3.05) is 27.7 Å². The lowest BCUT2D eigenvalue weighted by Crippen LogP contribution is -2.59. The van der Waals surface area contributed by atoms with E-state index < -0.39 is 11.5 Å². The van der Waals surface area contributed by atoms with Crippen LogP contribution in [0.1, 0.15) is 46.0 Å². The van der Waals surface area contributed by atoms with Crippen LogP contribution in [-0.4, -0.2) is 65.7 Å². The summed E-state index contributed by atoms with van der Waals surface area (Å²) in [4.78, 5) is 26.9. The van der Waals surface area contributed by atoms with Gasteiger partial charge in [-0.2, -0.15) is 0 Å². The fourth-order valence-corrected chi connectivity index (χ4v) is 2.71. The molecule has 0 heterocycles. The predicted molar refractivity (Wildman–Crippen MR) is 82.4 cm³/mol. The molecule has 0 unspecified atom stereocenters. The number of amides is 2. The minimum atomic E-state index is -0.841. The summed E-state index contributed by atoms with van der Waals surface area (Å²) >= 11 is 0. The number of nitrogens with zero attached hydrogens (tertiary/aromatic N) is 2. The van der Waals surface area contributed by atoms with Gasteiger partial charge in [0.05, 0.1) is 0 Å². The second kappa shape index (κ2) is 6.64. The number of carbonyl (C=O) groups excluding carboxylic acids is 1. The molecule has 0 bridgehead atoms. The molecule has 0 aromatic heterocycles. The molecule has 6 nitrogen and oxygen atoms in total. The molecule has 1 aliphatic rings. The highest BCUT2D eigenvalue weighted by Gasteiger charge is 2.41. The van der Waals surface area contributed by atoms with Crippen LogP contribution in [0.2, 0.25) is 0 Å². The van der Waals surface area contributed by atoms with E-state index in [-0.39, 0.29) is 18.0 Å². The van der Waals surface area contributed by atoms with E-state index in [1.807, 2.05) is 13.8 Å². The van der Waals surface area contributed by atoms with Gasteiger partial charge in [-0.05, 0) is 53.6 Å². The third kappa shape index (κ3) is 4.88. The maximum Gasteiger partial charge on any atom is 0.317 e. The molecule has 1 aliphatic carbocycles. The van der Waals surface area contributed by atoms with E-state index in [0.29, 0.717) is 13.0 Å². The molecule has 0 atom stereocenters.